The molecule has 1 aromatic carbocycles. The van der Waals surface area contributed by atoms with Crippen LogP contribution in [0.25, 0.3) is 10.1 Å². The number of nitrogens with zero attached hydrogens (tertiary/aromatic N) is 2. The highest BCUT2D eigenvalue weighted by molar-refractivity contribution is 7.21. The molecule has 28 heavy (non-hydrogen) atoms. The van der Waals surface area contributed by atoms with Crippen LogP contribution in [0.5, 0.6) is 0 Å². The van der Waals surface area contributed by atoms with E-state index in [0.717, 1.165) is 55.1 Å². The Morgan fingerprint density at radius 1 is 1.18 bits per heavy atom. The van der Waals surface area contributed by atoms with Crippen molar-refractivity contribution in [1.29, 1.82) is 0 Å². The smallest absolute Gasteiger partial charge is 0.370 e. The van der Waals surface area contributed by atoms with Crippen LogP contribution in [0, 0.1) is 0 Å². The van der Waals surface area contributed by atoms with Crippen LogP contribution in [0.1, 0.15) is 28.1 Å². The van der Waals surface area contributed by atoms with Gasteiger partial charge in [0.25, 0.3) is 5.91 Å². The number of hydrogen-bond donors (Lipinski definition) is 1. The van der Waals surface area contributed by atoms with Crippen LogP contribution in [0.4, 0.5) is 24.7 Å². The molecule has 0 bridgehead atoms. The third kappa shape index (κ3) is 3.66. The highest BCUT2D eigenvalue weighted by Gasteiger charge is 2.31. The third-order valence-corrected chi connectivity index (χ3v) is 6.28. The first-order chi connectivity index (χ1) is 13.3. The van der Waals surface area contributed by atoms with Gasteiger partial charge >= 0.3 is 6.18 Å². The van der Waals surface area contributed by atoms with Crippen molar-refractivity contribution in [2.45, 2.75) is 19.0 Å². The third-order valence-electron chi connectivity index (χ3n) is 4.62. The number of nitrogens with one attached hydrogen (secondary N) is 1. The summed E-state index contributed by atoms with van der Waals surface area (Å²) in [6.07, 6.45) is -0.449. The van der Waals surface area contributed by atoms with E-state index in [0.29, 0.717) is 15.9 Å². The number of fused-ring (bicyclic) bond motifs is 1. The fourth-order valence-corrected chi connectivity index (χ4v) is 4.63. The largest absolute Gasteiger partial charge is 0.416 e. The molecule has 0 atom stereocenters. The first kappa shape index (κ1) is 19.0. The SMILES string of the molecule is O=C(Nc1ccc(N2CCCC2)cn1)c1sc2cc(C(F)(F)F)ccc2c1Cl. The molecule has 9 heteroatoms. The Labute approximate surface area is 167 Å². The van der Waals surface area contributed by atoms with Gasteiger partial charge in [-0.3, -0.25) is 4.79 Å². The Morgan fingerprint density at radius 2 is 1.93 bits per heavy atom. The number of carbonyl (C=O) groups is 1. The van der Waals surface area contributed by atoms with Gasteiger partial charge in [0.2, 0.25) is 0 Å². The van der Waals surface area contributed by atoms with Gasteiger partial charge in [0.05, 0.1) is 22.5 Å². The lowest BCUT2D eigenvalue weighted by atomic mass is 10.1. The van der Waals surface area contributed by atoms with Gasteiger partial charge in [0.1, 0.15) is 10.7 Å². The first-order valence-electron chi connectivity index (χ1n) is 8.64. The summed E-state index contributed by atoms with van der Waals surface area (Å²) in [6, 6.07) is 6.84. The monoisotopic (exact) mass is 425 g/mol. The molecule has 4 rings (SSSR count). The number of anilines is 2. The van der Waals surface area contributed by atoms with Gasteiger partial charge in [-0.1, -0.05) is 17.7 Å². The Balaban J connectivity index is 1.55. The second-order valence-electron chi connectivity index (χ2n) is 6.50. The molecule has 1 aliphatic heterocycles. The molecule has 0 unspecified atom stereocenters. The van der Waals surface area contributed by atoms with Crippen molar-refractivity contribution < 1.29 is 18.0 Å². The number of hydrogen-bond acceptors (Lipinski definition) is 4. The zero-order chi connectivity index (χ0) is 19.9. The summed E-state index contributed by atoms with van der Waals surface area (Å²) in [5.41, 5.74) is 0.221. The maximum Gasteiger partial charge on any atom is 0.416 e. The summed E-state index contributed by atoms with van der Waals surface area (Å²) < 4.78 is 39.0. The number of aromatic nitrogens is 1. The minimum Gasteiger partial charge on any atom is -0.370 e. The average Bonchev–Trinajstić information content (AvgIpc) is 3.30. The van der Waals surface area contributed by atoms with E-state index < -0.39 is 17.6 Å². The number of benzene rings is 1. The molecule has 0 spiro atoms. The molecule has 0 aliphatic carbocycles. The quantitative estimate of drug-likeness (QED) is 0.575. The van der Waals surface area contributed by atoms with E-state index in [1.54, 1.807) is 12.3 Å². The van der Waals surface area contributed by atoms with E-state index in [1.807, 2.05) is 6.07 Å². The molecule has 1 amide bonds. The summed E-state index contributed by atoms with van der Waals surface area (Å²) >= 11 is 7.16. The number of alkyl halides is 3. The molecular weight excluding hydrogens is 411 g/mol. The number of thiophene rings is 1. The zero-order valence-electron chi connectivity index (χ0n) is 14.5. The number of rotatable bonds is 3. The molecular formula is C19H15ClF3N3OS. The maximum atomic E-state index is 12.9. The van der Waals surface area contributed by atoms with Crippen molar-refractivity contribution in [3.05, 3.63) is 52.0 Å². The van der Waals surface area contributed by atoms with Crippen LogP contribution in [-0.4, -0.2) is 24.0 Å². The molecule has 1 N–H and O–H groups in total. The van der Waals surface area contributed by atoms with Gasteiger partial charge in [0.15, 0.2) is 0 Å². The molecule has 3 heterocycles. The van der Waals surface area contributed by atoms with Crippen LogP contribution in [0.3, 0.4) is 0 Å². The topological polar surface area (TPSA) is 45.2 Å². The molecule has 4 nitrogen and oxygen atoms in total. The fourth-order valence-electron chi connectivity index (χ4n) is 3.18. The van der Waals surface area contributed by atoms with Crippen molar-refractivity contribution in [2.75, 3.05) is 23.3 Å². The highest BCUT2D eigenvalue weighted by Crippen LogP contribution is 2.39. The van der Waals surface area contributed by atoms with Crippen LogP contribution in [0.2, 0.25) is 5.02 Å². The standard InChI is InChI=1S/C19H15ClF3N3OS/c20-16-13-5-3-11(19(21,22)23)9-14(13)28-17(16)18(27)25-15-6-4-12(10-24-15)26-7-1-2-8-26/h3-6,9-10H,1-2,7-8H2,(H,24,25,27). The second-order valence-corrected chi connectivity index (χ2v) is 7.93. The van der Waals surface area contributed by atoms with E-state index >= 15 is 0 Å². The fraction of sp³-hybridized carbons (Fsp3) is 0.263. The lowest BCUT2D eigenvalue weighted by Gasteiger charge is -2.17. The Bertz CT molecular complexity index is 1030. The molecule has 3 aromatic rings. The Hall–Kier alpha value is -2.32. The molecule has 0 saturated carbocycles. The second kappa shape index (κ2) is 7.25. The summed E-state index contributed by atoms with van der Waals surface area (Å²) in [5.74, 6) is -0.140. The minimum atomic E-state index is -4.45. The lowest BCUT2D eigenvalue weighted by molar-refractivity contribution is -0.137. The molecule has 146 valence electrons. The van der Waals surface area contributed by atoms with E-state index in [-0.39, 0.29) is 9.90 Å². The molecule has 1 saturated heterocycles. The van der Waals surface area contributed by atoms with Crippen LogP contribution in [-0.2, 0) is 6.18 Å². The van der Waals surface area contributed by atoms with E-state index in [9.17, 15) is 18.0 Å². The summed E-state index contributed by atoms with van der Waals surface area (Å²) in [7, 11) is 0. The van der Waals surface area contributed by atoms with Gasteiger partial charge in [-0.05, 0) is 37.1 Å². The van der Waals surface area contributed by atoms with Gasteiger partial charge < -0.3 is 10.2 Å². The summed E-state index contributed by atoms with van der Waals surface area (Å²) in [6.45, 7) is 1.98. The van der Waals surface area contributed by atoms with Crippen molar-refractivity contribution in [3.63, 3.8) is 0 Å². The predicted octanol–water partition coefficient (Wildman–Crippen LogP) is 5.82. The number of halogens is 4. The number of carbonyl (C=O) groups excluding carboxylic acids is 1. The van der Waals surface area contributed by atoms with Crippen molar-refractivity contribution in [3.8, 4) is 0 Å². The molecule has 2 aromatic heterocycles. The summed E-state index contributed by atoms with van der Waals surface area (Å²) in [5, 5.41) is 3.22. The van der Waals surface area contributed by atoms with E-state index in [1.165, 1.54) is 6.07 Å². The average molecular weight is 426 g/mol. The number of pyridine rings is 1. The van der Waals surface area contributed by atoms with Crippen molar-refractivity contribution in [1.82, 2.24) is 4.98 Å². The Morgan fingerprint density at radius 3 is 2.57 bits per heavy atom. The first-order valence-corrected chi connectivity index (χ1v) is 9.84. The highest BCUT2D eigenvalue weighted by atomic mass is 35.5. The van der Waals surface area contributed by atoms with Crippen LogP contribution < -0.4 is 10.2 Å². The van der Waals surface area contributed by atoms with Gasteiger partial charge in [0, 0.05) is 23.2 Å². The van der Waals surface area contributed by atoms with Crippen molar-refractivity contribution >= 4 is 50.4 Å². The van der Waals surface area contributed by atoms with Crippen LogP contribution in [0.15, 0.2) is 36.5 Å². The van der Waals surface area contributed by atoms with Crippen molar-refractivity contribution in [2.24, 2.45) is 0 Å². The van der Waals surface area contributed by atoms with Gasteiger partial charge in [-0.2, -0.15) is 13.2 Å². The maximum absolute atomic E-state index is 12.9. The van der Waals surface area contributed by atoms with Crippen LogP contribution >= 0.6 is 22.9 Å². The molecule has 1 fully saturated rings. The molecule has 1 aliphatic rings. The Kier molecular flexibility index (Phi) is 4.93. The number of amides is 1. The summed E-state index contributed by atoms with van der Waals surface area (Å²) in [4.78, 5) is 19.2. The van der Waals surface area contributed by atoms with Gasteiger partial charge in [-0.25, -0.2) is 4.98 Å². The molecule has 0 radical (unpaired) electrons. The minimum absolute atomic E-state index is 0.139. The van der Waals surface area contributed by atoms with E-state index in [2.05, 4.69) is 15.2 Å². The zero-order valence-corrected chi connectivity index (χ0v) is 16.1. The van der Waals surface area contributed by atoms with E-state index in [4.69, 9.17) is 11.6 Å². The normalized spacial score (nSPS) is 14.6. The predicted molar refractivity (Wildman–Crippen MR) is 105 cm³/mol. The lowest BCUT2D eigenvalue weighted by Crippen LogP contribution is -2.18. The van der Waals surface area contributed by atoms with Gasteiger partial charge in [-0.15, -0.1) is 11.3 Å².